The van der Waals surface area contributed by atoms with E-state index in [-0.39, 0.29) is 0 Å². The number of rotatable bonds is 0. The lowest BCUT2D eigenvalue weighted by Crippen LogP contribution is -1.72. The van der Waals surface area contributed by atoms with Gasteiger partial charge in [-0.05, 0) is 24.6 Å². The minimum absolute atomic E-state index is 0.917. The summed E-state index contributed by atoms with van der Waals surface area (Å²) in [6.07, 6.45) is 4.76. The zero-order chi connectivity index (χ0) is 6.97. The van der Waals surface area contributed by atoms with Crippen LogP contribution in [-0.2, 0) is 0 Å². The monoisotopic (exact) mass is 131 g/mol. The van der Waals surface area contributed by atoms with Crippen molar-refractivity contribution < 1.29 is 0 Å². The molecule has 0 amide bonds. The highest BCUT2D eigenvalue weighted by molar-refractivity contribution is 5.78. The Morgan fingerprint density at radius 2 is 2.50 bits per heavy atom. The van der Waals surface area contributed by atoms with Gasteiger partial charge in [0.2, 0.25) is 0 Å². The van der Waals surface area contributed by atoms with Crippen LogP contribution in [0.3, 0.4) is 0 Å². The predicted molar refractivity (Wildman–Crippen MR) is 39.7 cm³/mol. The molecule has 1 N–H and O–H groups in total. The van der Waals surface area contributed by atoms with Crippen molar-refractivity contribution in [3.05, 3.63) is 30.1 Å². The van der Waals surface area contributed by atoms with Gasteiger partial charge in [-0.15, -0.1) is 0 Å². The first kappa shape index (κ1) is 5.47. The van der Waals surface area contributed by atoms with Crippen LogP contribution in [-0.4, -0.2) is 9.97 Å². The van der Waals surface area contributed by atoms with Gasteiger partial charge in [-0.25, -0.2) is 4.98 Å². The van der Waals surface area contributed by atoms with Crippen LogP contribution in [0.2, 0.25) is 0 Å². The molecule has 2 nitrogen and oxygen atoms in total. The average Bonchev–Trinajstić information content (AvgIpc) is 2.34. The third-order valence-corrected chi connectivity index (χ3v) is 1.58. The molecule has 0 aliphatic rings. The quantitative estimate of drug-likeness (QED) is 0.578. The van der Waals surface area contributed by atoms with Crippen molar-refractivity contribution in [3.63, 3.8) is 0 Å². The van der Waals surface area contributed by atoms with Crippen molar-refractivity contribution in [2.24, 2.45) is 0 Å². The maximum absolute atomic E-state index is 4.12. The van der Waals surface area contributed by atoms with Crippen molar-refractivity contribution in [3.8, 4) is 0 Å². The molecule has 2 rings (SSSR count). The standard InChI is InChI=1S/C8H7N2/c1-6-5-10-8-7(6)3-2-4-9-8/h2-4H,1H3,(H,9,10). The molecular formula is C8H7N2. The average molecular weight is 131 g/mol. The molecule has 0 spiro atoms. The van der Waals surface area contributed by atoms with Crippen molar-refractivity contribution >= 4 is 11.0 Å². The largest absolute Gasteiger partial charge is 0.338 e. The summed E-state index contributed by atoms with van der Waals surface area (Å²) in [5.74, 6) is 0. The molecule has 0 aliphatic heterocycles. The minimum Gasteiger partial charge on any atom is -0.338 e. The second-order valence-corrected chi connectivity index (χ2v) is 2.27. The fraction of sp³-hybridized carbons (Fsp3) is 0.125. The van der Waals surface area contributed by atoms with Crippen molar-refractivity contribution in [2.75, 3.05) is 0 Å². The van der Waals surface area contributed by atoms with Crippen LogP contribution in [0, 0.1) is 13.1 Å². The van der Waals surface area contributed by atoms with Crippen LogP contribution in [0.15, 0.2) is 18.3 Å². The SMILES string of the molecule is Cc1[c][nH]c2ncccc12. The van der Waals surface area contributed by atoms with Gasteiger partial charge < -0.3 is 4.98 Å². The van der Waals surface area contributed by atoms with E-state index < -0.39 is 0 Å². The number of hydrogen-bond acceptors (Lipinski definition) is 1. The highest BCUT2D eigenvalue weighted by Crippen LogP contribution is 2.12. The summed E-state index contributed by atoms with van der Waals surface area (Å²) in [7, 11) is 0. The van der Waals surface area contributed by atoms with Crippen molar-refractivity contribution in [1.82, 2.24) is 9.97 Å². The Morgan fingerprint density at radius 3 is 3.30 bits per heavy atom. The topological polar surface area (TPSA) is 28.7 Å². The molecule has 1 radical (unpaired) electrons. The Bertz CT molecular complexity index is 349. The zero-order valence-electron chi connectivity index (χ0n) is 5.68. The molecule has 0 saturated heterocycles. The summed E-state index contributed by atoms with van der Waals surface area (Å²) in [4.78, 5) is 7.07. The van der Waals surface area contributed by atoms with E-state index in [2.05, 4.69) is 16.2 Å². The lowest BCUT2D eigenvalue weighted by Gasteiger charge is -1.85. The summed E-state index contributed by atoms with van der Waals surface area (Å²) in [5.41, 5.74) is 2.04. The molecular weight excluding hydrogens is 124 g/mol. The van der Waals surface area contributed by atoms with E-state index in [1.165, 1.54) is 0 Å². The zero-order valence-corrected chi connectivity index (χ0v) is 5.68. The Labute approximate surface area is 58.9 Å². The molecule has 0 aromatic carbocycles. The molecule has 0 unspecified atom stereocenters. The summed E-state index contributed by atoms with van der Waals surface area (Å²) < 4.78 is 0. The van der Waals surface area contributed by atoms with E-state index in [1.807, 2.05) is 19.1 Å². The van der Waals surface area contributed by atoms with Gasteiger partial charge in [0, 0.05) is 11.6 Å². The van der Waals surface area contributed by atoms with Crippen molar-refractivity contribution in [1.29, 1.82) is 0 Å². The van der Waals surface area contributed by atoms with Crippen molar-refractivity contribution in [2.45, 2.75) is 6.92 Å². The fourth-order valence-corrected chi connectivity index (χ4v) is 1.03. The summed E-state index contributed by atoms with van der Waals surface area (Å²) in [6, 6.07) is 3.96. The number of aryl methyl sites for hydroxylation is 1. The highest BCUT2D eigenvalue weighted by Gasteiger charge is 1.96. The van der Waals surface area contributed by atoms with Gasteiger partial charge in [-0.1, -0.05) is 0 Å². The van der Waals surface area contributed by atoms with Crippen LogP contribution >= 0.6 is 0 Å². The maximum Gasteiger partial charge on any atom is 0.138 e. The second-order valence-electron chi connectivity index (χ2n) is 2.27. The fourth-order valence-electron chi connectivity index (χ4n) is 1.03. The first-order valence-corrected chi connectivity index (χ1v) is 3.19. The van der Waals surface area contributed by atoms with Crippen LogP contribution in [0.1, 0.15) is 5.56 Å². The Balaban J connectivity index is 2.93. The third kappa shape index (κ3) is 0.620. The normalized spacial score (nSPS) is 10.5. The molecule has 0 saturated carbocycles. The molecule has 49 valence electrons. The molecule has 0 bridgehead atoms. The van der Waals surface area contributed by atoms with Crippen LogP contribution in [0.25, 0.3) is 11.0 Å². The van der Waals surface area contributed by atoms with Gasteiger partial charge in [0.15, 0.2) is 0 Å². The van der Waals surface area contributed by atoms with Gasteiger partial charge in [0.05, 0.1) is 6.20 Å². The lowest BCUT2D eigenvalue weighted by atomic mass is 10.2. The van der Waals surface area contributed by atoms with E-state index in [0.717, 1.165) is 16.6 Å². The first-order chi connectivity index (χ1) is 4.88. The highest BCUT2D eigenvalue weighted by atomic mass is 14.8. The predicted octanol–water partition coefficient (Wildman–Crippen LogP) is 1.67. The lowest BCUT2D eigenvalue weighted by molar-refractivity contribution is 1.31. The van der Waals surface area contributed by atoms with Gasteiger partial charge in [-0.3, -0.25) is 0 Å². The number of nitrogens with zero attached hydrogens (tertiary/aromatic N) is 1. The first-order valence-electron chi connectivity index (χ1n) is 3.19. The number of pyridine rings is 1. The van der Waals surface area contributed by atoms with Crippen LogP contribution < -0.4 is 0 Å². The molecule has 10 heavy (non-hydrogen) atoms. The minimum atomic E-state index is 0.917. The maximum atomic E-state index is 4.12. The molecule has 2 heteroatoms. The number of aromatic amines is 1. The summed E-state index contributed by atoms with van der Waals surface area (Å²) >= 11 is 0. The summed E-state index contributed by atoms with van der Waals surface area (Å²) in [6.45, 7) is 2.01. The number of aromatic nitrogens is 2. The van der Waals surface area contributed by atoms with E-state index in [1.54, 1.807) is 6.20 Å². The van der Waals surface area contributed by atoms with Crippen LogP contribution in [0.4, 0.5) is 0 Å². The molecule has 2 aromatic heterocycles. The number of hydrogen-bond donors (Lipinski definition) is 1. The van der Waals surface area contributed by atoms with Gasteiger partial charge in [0.1, 0.15) is 5.65 Å². The molecule has 0 atom stereocenters. The Morgan fingerprint density at radius 1 is 1.60 bits per heavy atom. The van der Waals surface area contributed by atoms with Gasteiger partial charge in [-0.2, -0.15) is 0 Å². The Hall–Kier alpha value is -1.31. The van der Waals surface area contributed by atoms with E-state index in [9.17, 15) is 0 Å². The summed E-state index contributed by atoms with van der Waals surface area (Å²) in [5, 5.41) is 1.16. The molecule has 0 aliphatic carbocycles. The number of nitrogens with one attached hydrogen (secondary N) is 1. The molecule has 2 aromatic rings. The third-order valence-electron chi connectivity index (χ3n) is 1.58. The van der Waals surface area contributed by atoms with Crippen LogP contribution in [0.5, 0.6) is 0 Å². The van der Waals surface area contributed by atoms with E-state index >= 15 is 0 Å². The number of H-pyrrole nitrogens is 1. The van der Waals surface area contributed by atoms with Gasteiger partial charge >= 0.3 is 0 Å². The molecule has 0 fully saturated rings. The Kier molecular flexibility index (Phi) is 1.01. The van der Waals surface area contributed by atoms with Gasteiger partial charge in [0.25, 0.3) is 0 Å². The van der Waals surface area contributed by atoms with E-state index in [0.29, 0.717) is 0 Å². The van der Waals surface area contributed by atoms with E-state index in [4.69, 9.17) is 0 Å². The number of fused-ring (bicyclic) bond motifs is 1. The molecule has 2 heterocycles. The second kappa shape index (κ2) is 1.84. The smallest absolute Gasteiger partial charge is 0.138 e.